The zero-order chi connectivity index (χ0) is 23.5. The highest BCUT2D eigenvalue weighted by Gasteiger charge is 2.15. The Hall–Kier alpha value is -4.25. The lowest BCUT2D eigenvalue weighted by Crippen LogP contribution is -2.23. The monoisotopic (exact) mass is 450 g/mol. The standard InChI is InChI=1S/C29H26N2O3/c1-19(14-29(32)30-13-12-21-17-31-26-11-7-6-10-22(21)26)23-15-24-25(20-8-4-3-5-9-20)18-34-28(24)16-27(23)33-2/h3-11,14-18,31H,12-13H2,1-2H3,(H,30,32)/b19-14+. The average molecular weight is 451 g/mol. The highest BCUT2D eigenvalue weighted by molar-refractivity contribution is 6.00. The van der Waals surface area contributed by atoms with Gasteiger partial charge in [0.15, 0.2) is 0 Å². The molecule has 2 N–H and O–H groups in total. The van der Waals surface area contributed by atoms with E-state index in [1.165, 1.54) is 10.9 Å². The fourth-order valence-electron chi connectivity index (χ4n) is 4.36. The van der Waals surface area contributed by atoms with Crippen molar-refractivity contribution in [2.45, 2.75) is 13.3 Å². The third-order valence-electron chi connectivity index (χ3n) is 6.12. The van der Waals surface area contributed by atoms with Gasteiger partial charge in [-0.05, 0) is 42.2 Å². The summed E-state index contributed by atoms with van der Waals surface area (Å²) < 4.78 is 11.4. The van der Waals surface area contributed by atoms with E-state index in [1.807, 2.05) is 55.6 Å². The second kappa shape index (κ2) is 9.32. The van der Waals surface area contributed by atoms with E-state index >= 15 is 0 Å². The van der Waals surface area contributed by atoms with Gasteiger partial charge in [0, 0.05) is 52.3 Å². The van der Waals surface area contributed by atoms with Crippen molar-refractivity contribution in [3.63, 3.8) is 0 Å². The van der Waals surface area contributed by atoms with Crippen LogP contribution in [0, 0.1) is 0 Å². The lowest BCUT2D eigenvalue weighted by Gasteiger charge is -2.10. The zero-order valence-electron chi connectivity index (χ0n) is 19.2. The van der Waals surface area contributed by atoms with Crippen molar-refractivity contribution in [2.75, 3.05) is 13.7 Å². The number of aromatic nitrogens is 1. The van der Waals surface area contributed by atoms with Gasteiger partial charge < -0.3 is 19.5 Å². The lowest BCUT2D eigenvalue weighted by atomic mass is 9.99. The molecule has 0 radical (unpaired) electrons. The molecule has 2 aromatic heterocycles. The van der Waals surface area contributed by atoms with Crippen LogP contribution in [0.3, 0.4) is 0 Å². The number of hydrogen-bond acceptors (Lipinski definition) is 3. The summed E-state index contributed by atoms with van der Waals surface area (Å²) in [5.74, 6) is 0.539. The highest BCUT2D eigenvalue weighted by Crippen LogP contribution is 2.37. The Balaban J connectivity index is 1.35. The largest absolute Gasteiger partial charge is 0.496 e. The number of para-hydroxylation sites is 1. The summed E-state index contributed by atoms with van der Waals surface area (Å²) in [6.45, 7) is 2.48. The fourth-order valence-corrected chi connectivity index (χ4v) is 4.36. The summed E-state index contributed by atoms with van der Waals surface area (Å²) in [4.78, 5) is 15.9. The topological polar surface area (TPSA) is 67.3 Å². The van der Waals surface area contributed by atoms with Crippen LogP contribution in [-0.2, 0) is 11.2 Å². The second-order valence-electron chi connectivity index (χ2n) is 8.29. The summed E-state index contributed by atoms with van der Waals surface area (Å²) in [5, 5.41) is 5.18. The zero-order valence-corrected chi connectivity index (χ0v) is 19.2. The third kappa shape index (κ3) is 4.20. The Labute approximate surface area is 198 Å². The van der Waals surface area contributed by atoms with Crippen LogP contribution >= 0.6 is 0 Å². The van der Waals surface area contributed by atoms with Crippen LogP contribution in [0.5, 0.6) is 5.75 Å². The van der Waals surface area contributed by atoms with Gasteiger partial charge in [-0.25, -0.2) is 0 Å². The molecule has 0 saturated carbocycles. The number of H-pyrrole nitrogens is 1. The van der Waals surface area contributed by atoms with E-state index in [9.17, 15) is 4.79 Å². The highest BCUT2D eigenvalue weighted by atomic mass is 16.5. The number of rotatable bonds is 7. The number of ether oxygens (including phenoxy) is 1. The molecule has 3 aromatic carbocycles. The second-order valence-corrected chi connectivity index (χ2v) is 8.29. The van der Waals surface area contributed by atoms with E-state index in [2.05, 4.69) is 34.6 Å². The summed E-state index contributed by atoms with van der Waals surface area (Å²) >= 11 is 0. The number of furan rings is 1. The molecule has 34 heavy (non-hydrogen) atoms. The molecule has 1 amide bonds. The normalized spacial score (nSPS) is 11.8. The van der Waals surface area contributed by atoms with Gasteiger partial charge >= 0.3 is 0 Å². The first-order valence-electron chi connectivity index (χ1n) is 11.3. The number of amides is 1. The van der Waals surface area contributed by atoms with Crippen LogP contribution in [0.15, 0.2) is 89.7 Å². The van der Waals surface area contributed by atoms with Crippen molar-refractivity contribution in [3.8, 4) is 16.9 Å². The Morgan fingerprint density at radius 3 is 2.68 bits per heavy atom. The average Bonchev–Trinajstić information content (AvgIpc) is 3.47. The summed E-state index contributed by atoms with van der Waals surface area (Å²) in [7, 11) is 1.63. The number of nitrogens with one attached hydrogen (secondary N) is 2. The maximum Gasteiger partial charge on any atom is 0.244 e. The molecule has 5 nitrogen and oxygen atoms in total. The molecule has 2 heterocycles. The number of benzene rings is 3. The van der Waals surface area contributed by atoms with Gasteiger partial charge in [0.05, 0.1) is 13.4 Å². The van der Waals surface area contributed by atoms with Crippen LogP contribution in [0.4, 0.5) is 0 Å². The Morgan fingerprint density at radius 2 is 1.85 bits per heavy atom. The molecule has 5 aromatic rings. The van der Waals surface area contributed by atoms with Crippen LogP contribution in [0.25, 0.3) is 38.6 Å². The van der Waals surface area contributed by atoms with Gasteiger partial charge in [0.1, 0.15) is 11.3 Å². The van der Waals surface area contributed by atoms with Gasteiger partial charge in [0.25, 0.3) is 0 Å². The van der Waals surface area contributed by atoms with Crippen LogP contribution in [0.1, 0.15) is 18.1 Å². The number of hydrogen-bond donors (Lipinski definition) is 2. The number of carbonyl (C=O) groups is 1. The van der Waals surface area contributed by atoms with Gasteiger partial charge in [-0.1, -0.05) is 48.5 Å². The minimum absolute atomic E-state index is 0.130. The molecular weight excluding hydrogens is 424 g/mol. The molecule has 0 aliphatic heterocycles. The summed E-state index contributed by atoms with van der Waals surface area (Å²) in [6.07, 6.45) is 6.15. The Kier molecular flexibility index (Phi) is 5.91. The first kappa shape index (κ1) is 21.6. The summed E-state index contributed by atoms with van der Waals surface area (Å²) in [5.41, 5.74) is 6.82. The maximum absolute atomic E-state index is 12.7. The van der Waals surface area contributed by atoms with Crippen molar-refractivity contribution in [1.29, 1.82) is 0 Å². The molecule has 0 fully saturated rings. The van der Waals surface area contributed by atoms with E-state index in [-0.39, 0.29) is 5.91 Å². The molecule has 5 heteroatoms. The predicted molar refractivity (Wildman–Crippen MR) is 137 cm³/mol. The molecule has 0 atom stereocenters. The van der Waals surface area contributed by atoms with Gasteiger partial charge in [-0.2, -0.15) is 0 Å². The van der Waals surface area contributed by atoms with Gasteiger partial charge in [-0.3, -0.25) is 4.79 Å². The Morgan fingerprint density at radius 1 is 1.06 bits per heavy atom. The minimum atomic E-state index is -0.130. The molecule has 0 aliphatic carbocycles. The lowest BCUT2D eigenvalue weighted by molar-refractivity contribution is -0.116. The van der Waals surface area contributed by atoms with Crippen molar-refractivity contribution < 1.29 is 13.9 Å². The van der Waals surface area contributed by atoms with E-state index in [1.54, 1.807) is 19.4 Å². The number of allylic oxidation sites excluding steroid dienone is 1. The molecule has 5 rings (SSSR count). The van der Waals surface area contributed by atoms with E-state index < -0.39 is 0 Å². The first-order chi connectivity index (χ1) is 16.6. The van der Waals surface area contributed by atoms with Crippen molar-refractivity contribution in [2.24, 2.45) is 0 Å². The van der Waals surface area contributed by atoms with E-state index in [4.69, 9.17) is 9.15 Å². The number of fused-ring (bicyclic) bond motifs is 2. The molecule has 0 bridgehead atoms. The third-order valence-corrected chi connectivity index (χ3v) is 6.12. The summed E-state index contributed by atoms with van der Waals surface area (Å²) in [6, 6.07) is 22.2. The maximum atomic E-state index is 12.7. The number of aromatic amines is 1. The predicted octanol–water partition coefficient (Wildman–Crippen LogP) is 6.35. The van der Waals surface area contributed by atoms with Crippen molar-refractivity contribution in [3.05, 3.63) is 96.4 Å². The Bertz CT molecular complexity index is 1490. The van der Waals surface area contributed by atoms with Crippen molar-refractivity contribution in [1.82, 2.24) is 10.3 Å². The van der Waals surface area contributed by atoms with Gasteiger partial charge in [-0.15, -0.1) is 0 Å². The van der Waals surface area contributed by atoms with Crippen LogP contribution in [0.2, 0.25) is 0 Å². The van der Waals surface area contributed by atoms with Crippen LogP contribution < -0.4 is 10.1 Å². The SMILES string of the molecule is COc1cc2occ(-c3ccccc3)c2cc1/C(C)=C/C(=O)NCCc1c[nH]c2ccccc12. The molecule has 0 saturated heterocycles. The molecule has 0 aliphatic rings. The number of carbonyl (C=O) groups excluding carboxylic acids is 1. The van der Waals surface area contributed by atoms with Crippen molar-refractivity contribution >= 4 is 33.4 Å². The first-order valence-corrected chi connectivity index (χ1v) is 11.3. The van der Waals surface area contributed by atoms with E-state index in [0.717, 1.165) is 45.2 Å². The molecule has 170 valence electrons. The molecule has 0 spiro atoms. The van der Waals surface area contributed by atoms with Gasteiger partial charge in [0.2, 0.25) is 5.91 Å². The van der Waals surface area contributed by atoms with E-state index in [0.29, 0.717) is 12.3 Å². The smallest absolute Gasteiger partial charge is 0.244 e. The minimum Gasteiger partial charge on any atom is -0.496 e. The molecule has 0 unspecified atom stereocenters. The quantitative estimate of drug-likeness (QED) is 0.284. The molecular formula is C29H26N2O3. The fraction of sp³-hybridized carbons (Fsp3) is 0.138. The number of methoxy groups -OCH3 is 1. The van der Waals surface area contributed by atoms with Crippen LogP contribution in [-0.4, -0.2) is 24.5 Å².